The molecule has 0 atom stereocenters. The lowest BCUT2D eigenvalue weighted by Crippen LogP contribution is -2.38. The maximum atomic E-state index is 4.57. The third-order valence-electron chi connectivity index (χ3n) is 2.47. The molecule has 1 saturated carbocycles. The van der Waals surface area contributed by atoms with Crippen molar-refractivity contribution in [3.63, 3.8) is 0 Å². The van der Waals surface area contributed by atoms with Crippen LogP contribution in [0.5, 0.6) is 0 Å². The summed E-state index contributed by atoms with van der Waals surface area (Å²) >= 11 is 1.80. The van der Waals surface area contributed by atoms with Crippen LogP contribution in [0.3, 0.4) is 0 Å². The Hall–Kier alpha value is -1.03. The fourth-order valence-corrected chi connectivity index (χ4v) is 2.17. The molecule has 1 heterocycles. The summed E-state index contributed by atoms with van der Waals surface area (Å²) in [5.41, 5.74) is 0. The first-order valence-corrected chi connectivity index (χ1v) is 6.83. The van der Waals surface area contributed by atoms with E-state index in [2.05, 4.69) is 40.1 Å². The van der Waals surface area contributed by atoms with E-state index in [-0.39, 0.29) is 0 Å². The van der Waals surface area contributed by atoms with E-state index in [9.17, 15) is 0 Å². The maximum Gasteiger partial charge on any atom is 0.191 e. The van der Waals surface area contributed by atoms with Gasteiger partial charge < -0.3 is 10.6 Å². The summed E-state index contributed by atoms with van der Waals surface area (Å²) in [5, 5.41) is 8.81. The van der Waals surface area contributed by atoms with Crippen LogP contribution in [0.1, 0.15) is 24.6 Å². The Morgan fingerprint density at radius 3 is 3.06 bits per heavy atom. The zero-order valence-corrected chi connectivity index (χ0v) is 10.5. The Morgan fingerprint density at radius 2 is 2.44 bits per heavy atom. The van der Waals surface area contributed by atoms with Crippen LogP contribution >= 0.6 is 11.3 Å². The Kier molecular flexibility index (Phi) is 4.22. The molecule has 0 spiro atoms. The zero-order valence-electron chi connectivity index (χ0n) is 9.70. The number of nitrogens with one attached hydrogen (secondary N) is 2. The van der Waals surface area contributed by atoms with E-state index in [0.717, 1.165) is 25.5 Å². The highest BCUT2D eigenvalue weighted by Gasteiger charge is 2.21. The van der Waals surface area contributed by atoms with Gasteiger partial charge in [0.2, 0.25) is 0 Å². The molecular weight excluding hydrogens is 218 g/mol. The molecule has 1 aromatic rings. The van der Waals surface area contributed by atoms with E-state index >= 15 is 0 Å². The third kappa shape index (κ3) is 3.85. The van der Waals surface area contributed by atoms with Crippen LogP contribution in [-0.4, -0.2) is 25.1 Å². The average Bonchev–Trinajstić information content (AvgIpc) is 2.93. The minimum Gasteiger partial charge on any atom is -0.357 e. The van der Waals surface area contributed by atoms with Crippen molar-refractivity contribution in [3.8, 4) is 0 Å². The van der Waals surface area contributed by atoms with E-state index in [4.69, 9.17) is 0 Å². The van der Waals surface area contributed by atoms with Gasteiger partial charge >= 0.3 is 0 Å². The monoisotopic (exact) mass is 237 g/mol. The Bertz CT molecular complexity index is 328. The summed E-state index contributed by atoms with van der Waals surface area (Å²) < 4.78 is 0. The van der Waals surface area contributed by atoms with Crippen LogP contribution in [0.15, 0.2) is 22.5 Å². The van der Waals surface area contributed by atoms with Gasteiger partial charge in [0.15, 0.2) is 5.96 Å². The molecule has 1 aromatic heterocycles. The second-order valence-electron chi connectivity index (χ2n) is 4.01. The molecule has 4 heteroatoms. The molecule has 0 saturated heterocycles. The highest BCUT2D eigenvalue weighted by molar-refractivity contribution is 7.09. The van der Waals surface area contributed by atoms with Gasteiger partial charge in [0, 0.05) is 30.4 Å². The predicted molar refractivity (Wildman–Crippen MR) is 70.2 cm³/mol. The van der Waals surface area contributed by atoms with Crippen molar-refractivity contribution >= 4 is 17.3 Å². The highest BCUT2D eigenvalue weighted by Crippen LogP contribution is 2.18. The van der Waals surface area contributed by atoms with Gasteiger partial charge in [0.05, 0.1) is 0 Å². The van der Waals surface area contributed by atoms with Gasteiger partial charge in [0.1, 0.15) is 0 Å². The zero-order chi connectivity index (χ0) is 11.2. The Morgan fingerprint density at radius 1 is 1.56 bits per heavy atom. The SMILES string of the molecule is CCNC(=NCCc1cccs1)NC1CC1. The molecule has 2 N–H and O–H groups in total. The molecular formula is C12H19N3S. The predicted octanol–water partition coefficient (Wildman–Crippen LogP) is 2.01. The van der Waals surface area contributed by atoms with E-state index in [0.29, 0.717) is 6.04 Å². The number of aliphatic imine (C=N–C) groups is 1. The first-order chi connectivity index (χ1) is 7.88. The van der Waals surface area contributed by atoms with Crippen molar-refractivity contribution in [3.05, 3.63) is 22.4 Å². The number of guanidine groups is 1. The molecule has 88 valence electrons. The molecule has 0 amide bonds. The van der Waals surface area contributed by atoms with Crippen LogP contribution in [-0.2, 0) is 6.42 Å². The van der Waals surface area contributed by atoms with Gasteiger partial charge in [-0.25, -0.2) is 0 Å². The van der Waals surface area contributed by atoms with Gasteiger partial charge in [-0.1, -0.05) is 6.07 Å². The van der Waals surface area contributed by atoms with E-state index < -0.39 is 0 Å². The molecule has 1 aliphatic rings. The lowest BCUT2D eigenvalue weighted by atomic mass is 10.3. The lowest BCUT2D eigenvalue weighted by Gasteiger charge is -2.09. The second kappa shape index (κ2) is 5.89. The van der Waals surface area contributed by atoms with Crippen molar-refractivity contribution in [2.24, 2.45) is 4.99 Å². The minimum absolute atomic E-state index is 0.666. The summed E-state index contributed by atoms with van der Waals surface area (Å²) in [4.78, 5) is 5.98. The van der Waals surface area contributed by atoms with Gasteiger partial charge in [-0.3, -0.25) is 4.99 Å². The van der Waals surface area contributed by atoms with Crippen molar-refractivity contribution in [2.45, 2.75) is 32.2 Å². The van der Waals surface area contributed by atoms with Crippen molar-refractivity contribution in [2.75, 3.05) is 13.1 Å². The molecule has 3 nitrogen and oxygen atoms in total. The van der Waals surface area contributed by atoms with Crippen LogP contribution in [0.25, 0.3) is 0 Å². The maximum absolute atomic E-state index is 4.57. The van der Waals surface area contributed by atoms with E-state index in [1.54, 1.807) is 11.3 Å². The van der Waals surface area contributed by atoms with E-state index in [1.807, 2.05) is 0 Å². The fraction of sp³-hybridized carbons (Fsp3) is 0.583. The third-order valence-corrected chi connectivity index (χ3v) is 3.41. The molecule has 0 unspecified atom stereocenters. The summed E-state index contributed by atoms with van der Waals surface area (Å²) in [6.45, 7) is 3.89. The van der Waals surface area contributed by atoms with Gasteiger partial charge in [-0.15, -0.1) is 11.3 Å². The Balaban J connectivity index is 1.76. The Labute approximate surface area is 101 Å². The lowest BCUT2D eigenvalue weighted by molar-refractivity contribution is 0.809. The van der Waals surface area contributed by atoms with Gasteiger partial charge in [-0.05, 0) is 31.2 Å². The number of rotatable bonds is 5. The van der Waals surface area contributed by atoms with Crippen molar-refractivity contribution in [1.29, 1.82) is 0 Å². The molecule has 1 fully saturated rings. The summed E-state index contributed by atoms with van der Waals surface area (Å²) in [7, 11) is 0. The van der Waals surface area contributed by atoms with Gasteiger partial charge in [0.25, 0.3) is 0 Å². The number of thiophene rings is 1. The van der Waals surface area contributed by atoms with E-state index in [1.165, 1.54) is 17.7 Å². The summed E-state index contributed by atoms with van der Waals surface area (Å²) in [6, 6.07) is 4.93. The molecule has 0 bridgehead atoms. The molecule has 16 heavy (non-hydrogen) atoms. The first-order valence-electron chi connectivity index (χ1n) is 5.95. The summed E-state index contributed by atoms with van der Waals surface area (Å²) in [6.07, 6.45) is 3.61. The molecule has 2 rings (SSSR count). The van der Waals surface area contributed by atoms with Crippen LogP contribution in [0, 0.1) is 0 Å². The largest absolute Gasteiger partial charge is 0.357 e. The second-order valence-corrected chi connectivity index (χ2v) is 5.04. The topological polar surface area (TPSA) is 36.4 Å². The van der Waals surface area contributed by atoms with Crippen LogP contribution in [0.2, 0.25) is 0 Å². The molecule has 1 aliphatic carbocycles. The summed E-state index contributed by atoms with van der Waals surface area (Å²) in [5.74, 6) is 0.974. The first kappa shape index (κ1) is 11.5. The molecule has 0 aromatic carbocycles. The standard InChI is InChI=1S/C12H19N3S/c1-2-13-12(15-10-5-6-10)14-8-7-11-4-3-9-16-11/h3-4,9-10H,2,5-8H2,1H3,(H2,13,14,15). The minimum atomic E-state index is 0.666. The quantitative estimate of drug-likeness (QED) is 0.607. The molecule has 0 aliphatic heterocycles. The fourth-order valence-electron chi connectivity index (χ4n) is 1.47. The van der Waals surface area contributed by atoms with Crippen molar-refractivity contribution in [1.82, 2.24) is 10.6 Å². The van der Waals surface area contributed by atoms with Crippen molar-refractivity contribution < 1.29 is 0 Å². The normalized spacial score (nSPS) is 16.2. The smallest absolute Gasteiger partial charge is 0.191 e. The van der Waals surface area contributed by atoms with Crippen LogP contribution in [0.4, 0.5) is 0 Å². The molecule has 0 radical (unpaired) electrons. The highest BCUT2D eigenvalue weighted by atomic mass is 32.1. The van der Waals surface area contributed by atoms with Gasteiger partial charge in [-0.2, -0.15) is 0 Å². The van der Waals surface area contributed by atoms with Crippen LogP contribution < -0.4 is 10.6 Å². The number of nitrogens with zero attached hydrogens (tertiary/aromatic N) is 1. The average molecular weight is 237 g/mol. The number of hydrogen-bond acceptors (Lipinski definition) is 2. The number of hydrogen-bond donors (Lipinski definition) is 2.